The van der Waals surface area contributed by atoms with E-state index in [4.69, 9.17) is 9.84 Å². The number of aliphatic carboxylic acids is 1. The van der Waals surface area contributed by atoms with Gasteiger partial charge in [-0.25, -0.2) is 0 Å². The summed E-state index contributed by atoms with van der Waals surface area (Å²) >= 11 is 0. The predicted molar refractivity (Wildman–Crippen MR) is 58.1 cm³/mol. The van der Waals surface area contributed by atoms with Gasteiger partial charge in [-0.15, -0.1) is 0 Å². The highest BCUT2D eigenvalue weighted by atomic mass is 16.5. The van der Waals surface area contributed by atoms with E-state index in [2.05, 4.69) is 13.8 Å². The van der Waals surface area contributed by atoms with E-state index in [9.17, 15) is 4.79 Å². The van der Waals surface area contributed by atoms with Crippen LogP contribution in [0.3, 0.4) is 0 Å². The largest absolute Gasteiger partial charge is 0.493 e. The fourth-order valence-corrected chi connectivity index (χ4v) is 1.21. The van der Waals surface area contributed by atoms with Gasteiger partial charge in [0.25, 0.3) is 0 Å². The van der Waals surface area contributed by atoms with Crippen molar-refractivity contribution < 1.29 is 14.6 Å². The molecule has 1 N–H and O–H groups in total. The summed E-state index contributed by atoms with van der Waals surface area (Å²) in [5.74, 6) is 0.270. The molecule has 0 aromatic heterocycles. The van der Waals surface area contributed by atoms with Crippen molar-refractivity contribution in [2.75, 3.05) is 6.61 Å². The molecule has 15 heavy (non-hydrogen) atoms. The number of carboxylic acid groups (broad SMARTS) is 1. The van der Waals surface area contributed by atoms with Gasteiger partial charge >= 0.3 is 5.97 Å². The Balaban J connectivity index is 2.72. The standard InChI is InChI=1S/C12H16O3/c1-9(2)8-15-11-6-4-3-5-10(11)7-12(13)14/h3-6,9H,7-8H2,1-2H3,(H,13,14). The normalized spacial score (nSPS) is 10.3. The highest BCUT2D eigenvalue weighted by molar-refractivity contribution is 5.71. The molecule has 1 rings (SSSR count). The molecule has 3 nitrogen and oxygen atoms in total. The summed E-state index contributed by atoms with van der Waals surface area (Å²) in [7, 11) is 0. The molecule has 0 spiro atoms. The second-order valence-corrected chi connectivity index (χ2v) is 3.88. The third-order valence-electron chi connectivity index (χ3n) is 1.89. The first-order valence-corrected chi connectivity index (χ1v) is 5.02. The maximum absolute atomic E-state index is 10.6. The molecule has 0 atom stereocenters. The lowest BCUT2D eigenvalue weighted by Crippen LogP contribution is -2.08. The third-order valence-corrected chi connectivity index (χ3v) is 1.89. The van der Waals surface area contributed by atoms with Crippen molar-refractivity contribution in [2.45, 2.75) is 20.3 Å². The number of para-hydroxylation sites is 1. The molecule has 3 heteroatoms. The van der Waals surface area contributed by atoms with Crippen molar-refractivity contribution in [3.05, 3.63) is 29.8 Å². The van der Waals surface area contributed by atoms with Crippen molar-refractivity contribution in [1.82, 2.24) is 0 Å². The lowest BCUT2D eigenvalue weighted by atomic mass is 10.1. The van der Waals surface area contributed by atoms with Crippen LogP contribution in [0.25, 0.3) is 0 Å². The van der Waals surface area contributed by atoms with Crippen LogP contribution in [0.1, 0.15) is 19.4 Å². The third kappa shape index (κ3) is 4.02. The number of carboxylic acids is 1. The Labute approximate surface area is 89.7 Å². The molecule has 1 aromatic carbocycles. The van der Waals surface area contributed by atoms with Crippen molar-refractivity contribution in [3.63, 3.8) is 0 Å². The van der Waals surface area contributed by atoms with E-state index in [1.807, 2.05) is 12.1 Å². The SMILES string of the molecule is CC(C)COc1ccccc1CC(=O)O. The molecule has 0 fully saturated rings. The number of benzene rings is 1. The van der Waals surface area contributed by atoms with E-state index in [1.165, 1.54) is 0 Å². The average molecular weight is 208 g/mol. The summed E-state index contributed by atoms with van der Waals surface area (Å²) in [6.07, 6.45) is 0.00820. The molecule has 0 saturated heterocycles. The number of rotatable bonds is 5. The van der Waals surface area contributed by atoms with Gasteiger partial charge in [-0.05, 0) is 12.0 Å². The van der Waals surface area contributed by atoms with Crippen LogP contribution < -0.4 is 4.74 Å². The lowest BCUT2D eigenvalue weighted by Gasteiger charge is -2.11. The molecule has 1 aromatic rings. The number of hydrogen-bond donors (Lipinski definition) is 1. The van der Waals surface area contributed by atoms with Gasteiger partial charge in [0.05, 0.1) is 13.0 Å². The Kier molecular flexibility index (Phi) is 4.16. The van der Waals surface area contributed by atoms with Crippen LogP contribution in [0.15, 0.2) is 24.3 Å². The van der Waals surface area contributed by atoms with Crippen LogP contribution in [-0.2, 0) is 11.2 Å². The molecule has 0 saturated carbocycles. The molecule has 0 aliphatic rings. The summed E-state index contributed by atoms with van der Waals surface area (Å²) in [5, 5.41) is 8.71. The second kappa shape index (κ2) is 5.39. The highest BCUT2D eigenvalue weighted by Gasteiger charge is 2.07. The zero-order valence-electron chi connectivity index (χ0n) is 9.06. The fourth-order valence-electron chi connectivity index (χ4n) is 1.21. The number of carbonyl (C=O) groups is 1. The zero-order chi connectivity index (χ0) is 11.3. The van der Waals surface area contributed by atoms with Gasteiger partial charge in [0.2, 0.25) is 0 Å². The molecule has 0 aliphatic heterocycles. The second-order valence-electron chi connectivity index (χ2n) is 3.88. The van der Waals surface area contributed by atoms with E-state index in [0.717, 1.165) is 5.56 Å². The van der Waals surface area contributed by atoms with Gasteiger partial charge < -0.3 is 9.84 Å². The minimum absolute atomic E-state index is 0.00820. The van der Waals surface area contributed by atoms with E-state index in [1.54, 1.807) is 12.1 Å². The molecule has 0 bridgehead atoms. The first kappa shape index (κ1) is 11.6. The van der Waals surface area contributed by atoms with Crippen LogP contribution in [0.2, 0.25) is 0 Å². The van der Waals surface area contributed by atoms with Gasteiger partial charge in [0.1, 0.15) is 5.75 Å². The Morgan fingerprint density at radius 3 is 2.67 bits per heavy atom. The van der Waals surface area contributed by atoms with E-state index in [0.29, 0.717) is 18.3 Å². The monoisotopic (exact) mass is 208 g/mol. The summed E-state index contributed by atoms with van der Waals surface area (Å²) in [5.41, 5.74) is 0.727. The first-order valence-electron chi connectivity index (χ1n) is 5.02. The Bertz CT molecular complexity index is 331. The minimum atomic E-state index is -0.837. The summed E-state index contributed by atoms with van der Waals surface area (Å²) in [6, 6.07) is 7.26. The topological polar surface area (TPSA) is 46.5 Å². The van der Waals surface area contributed by atoms with Crippen LogP contribution in [-0.4, -0.2) is 17.7 Å². The molecule has 82 valence electrons. The van der Waals surface area contributed by atoms with Crippen LogP contribution in [0, 0.1) is 5.92 Å². The maximum atomic E-state index is 10.6. The van der Waals surface area contributed by atoms with Gasteiger partial charge in [-0.2, -0.15) is 0 Å². The fraction of sp³-hybridized carbons (Fsp3) is 0.417. The highest BCUT2D eigenvalue weighted by Crippen LogP contribution is 2.19. The Morgan fingerprint density at radius 1 is 1.40 bits per heavy atom. The van der Waals surface area contributed by atoms with Crippen LogP contribution >= 0.6 is 0 Å². The van der Waals surface area contributed by atoms with E-state index in [-0.39, 0.29) is 6.42 Å². The Morgan fingerprint density at radius 2 is 2.07 bits per heavy atom. The summed E-state index contributed by atoms with van der Waals surface area (Å²) in [4.78, 5) is 10.6. The van der Waals surface area contributed by atoms with Gasteiger partial charge in [-0.1, -0.05) is 32.0 Å². The molecule has 0 amide bonds. The maximum Gasteiger partial charge on any atom is 0.307 e. The smallest absolute Gasteiger partial charge is 0.307 e. The van der Waals surface area contributed by atoms with Crippen LogP contribution in [0.5, 0.6) is 5.75 Å². The quantitative estimate of drug-likeness (QED) is 0.807. The first-order chi connectivity index (χ1) is 7.09. The van der Waals surface area contributed by atoms with Crippen LogP contribution in [0.4, 0.5) is 0 Å². The van der Waals surface area contributed by atoms with Crippen molar-refractivity contribution >= 4 is 5.97 Å². The summed E-state index contributed by atoms with van der Waals surface area (Å²) in [6.45, 7) is 4.72. The Hall–Kier alpha value is -1.51. The molecular formula is C12H16O3. The van der Waals surface area contributed by atoms with Gasteiger partial charge in [0, 0.05) is 5.56 Å². The molecule has 0 heterocycles. The summed E-state index contributed by atoms with van der Waals surface area (Å²) < 4.78 is 5.54. The van der Waals surface area contributed by atoms with E-state index < -0.39 is 5.97 Å². The van der Waals surface area contributed by atoms with Gasteiger partial charge in [0.15, 0.2) is 0 Å². The van der Waals surface area contributed by atoms with Crippen molar-refractivity contribution in [1.29, 1.82) is 0 Å². The number of ether oxygens (including phenoxy) is 1. The predicted octanol–water partition coefficient (Wildman–Crippen LogP) is 2.35. The lowest BCUT2D eigenvalue weighted by molar-refractivity contribution is -0.136. The van der Waals surface area contributed by atoms with Crippen molar-refractivity contribution in [3.8, 4) is 5.75 Å². The number of hydrogen-bond acceptors (Lipinski definition) is 2. The molecule has 0 radical (unpaired) electrons. The minimum Gasteiger partial charge on any atom is -0.493 e. The zero-order valence-corrected chi connectivity index (χ0v) is 9.06. The molecular weight excluding hydrogens is 192 g/mol. The average Bonchev–Trinajstić information content (AvgIpc) is 2.15. The van der Waals surface area contributed by atoms with E-state index >= 15 is 0 Å². The molecule has 0 aliphatic carbocycles. The van der Waals surface area contributed by atoms with Gasteiger partial charge in [-0.3, -0.25) is 4.79 Å². The molecule has 0 unspecified atom stereocenters. The van der Waals surface area contributed by atoms with Crippen molar-refractivity contribution in [2.24, 2.45) is 5.92 Å².